The van der Waals surface area contributed by atoms with Gasteiger partial charge >= 0.3 is 5.97 Å². The SMILES string of the molecule is COc1ccc(/C=N\OCC(=O)OCC(=O)c2c(C)[nH]c3ccccc23)cc1. The molecular formula is C21H20N2O5. The van der Waals surface area contributed by atoms with Crippen molar-refractivity contribution in [3.63, 3.8) is 0 Å². The molecule has 0 radical (unpaired) electrons. The smallest absolute Gasteiger partial charge is 0.347 e. The van der Waals surface area contributed by atoms with E-state index in [9.17, 15) is 9.59 Å². The molecule has 0 amide bonds. The van der Waals surface area contributed by atoms with Crippen molar-refractivity contribution >= 4 is 28.9 Å². The van der Waals surface area contributed by atoms with Gasteiger partial charge in [-0.25, -0.2) is 4.79 Å². The summed E-state index contributed by atoms with van der Waals surface area (Å²) in [5, 5.41) is 4.52. The van der Waals surface area contributed by atoms with Crippen molar-refractivity contribution < 1.29 is 23.9 Å². The number of nitrogens with zero attached hydrogens (tertiary/aromatic N) is 1. The molecule has 7 heteroatoms. The molecule has 144 valence electrons. The number of fused-ring (bicyclic) bond motifs is 1. The van der Waals surface area contributed by atoms with Crippen LogP contribution < -0.4 is 4.74 Å². The Balaban J connectivity index is 1.47. The predicted octanol–water partition coefficient (Wildman–Crippen LogP) is 3.26. The minimum atomic E-state index is -0.669. The number of methoxy groups -OCH3 is 1. The number of hydrogen-bond donors (Lipinski definition) is 1. The van der Waals surface area contributed by atoms with Crippen LogP contribution in [0.4, 0.5) is 0 Å². The van der Waals surface area contributed by atoms with Gasteiger partial charge in [0.2, 0.25) is 12.4 Å². The number of aromatic amines is 1. The molecule has 1 N–H and O–H groups in total. The average Bonchev–Trinajstić information content (AvgIpc) is 3.05. The Morgan fingerprint density at radius 2 is 1.82 bits per heavy atom. The lowest BCUT2D eigenvalue weighted by molar-refractivity contribution is -0.147. The number of nitrogens with one attached hydrogen (secondary N) is 1. The van der Waals surface area contributed by atoms with E-state index in [1.165, 1.54) is 6.21 Å². The number of H-pyrrole nitrogens is 1. The summed E-state index contributed by atoms with van der Waals surface area (Å²) in [6, 6.07) is 14.6. The first-order valence-electron chi connectivity index (χ1n) is 8.64. The zero-order valence-corrected chi connectivity index (χ0v) is 15.6. The van der Waals surface area contributed by atoms with Gasteiger partial charge in [0, 0.05) is 22.2 Å². The highest BCUT2D eigenvalue weighted by molar-refractivity contribution is 6.10. The summed E-state index contributed by atoms with van der Waals surface area (Å²) in [4.78, 5) is 32.3. The number of ketones is 1. The van der Waals surface area contributed by atoms with Crippen LogP contribution in [-0.4, -0.2) is 43.3 Å². The molecule has 0 aliphatic heterocycles. The van der Waals surface area contributed by atoms with Crippen LogP contribution in [0.15, 0.2) is 53.7 Å². The molecule has 1 heterocycles. The number of aromatic nitrogens is 1. The molecule has 28 heavy (non-hydrogen) atoms. The van der Waals surface area contributed by atoms with E-state index >= 15 is 0 Å². The Morgan fingerprint density at radius 1 is 1.07 bits per heavy atom. The molecule has 0 saturated carbocycles. The summed E-state index contributed by atoms with van der Waals surface area (Å²) < 4.78 is 10.1. The first kappa shape index (κ1) is 19.2. The first-order valence-corrected chi connectivity index (χ1v) is 8.64. The van der Waals surface area contributed by atoms with Gasteiger partial charge in [0.1, 0.15) is 5.75 Å². The topological polar surface area (TPSA) is 90.0 Å². The number of carbonyl (C=O) groups is 2. The molecule has 0 bridgehead atoms. The van der Waals surface area contributed by atoms with Crippen molar-refractivity contribution in [1.29, 1.82) is 0 Å². The fraction of sp³-hybridized carbons (Fsp3) is 0.190. The molecule has 0 atom stereocenters. The second-order valence-corrected chi connectivity index (χ2v) is 6.04. The Kier molecular flexibility index (Phi) is 6.06. The zero-order valence-electron chi connectivity index (χ0n) is 15.6. The van der Waals surface area contributed by atoms with Crippen molar-refractivity contribution in [1.82, 2.24) is 4.98 Å². The number of Topliss-reactive ketones (excluding diaryl/α,β-unsaturated/α-hetero) is 1. The number of carbonyl (C=O) groups excluding carboxylic acids is 2. The molecular weight excluding hydrogens is 360 g/mol. The summed E-state index contributed by atoms with van der Waals surface area (Å²) in [5.41, 5.74) is 2.93. The third-order valence-electron chi connectivity index (χ3n) is 4.11. The minimum Gasteiger partial charge on any atom is -0.497 e. The molecule has 1 aromatic heterocycles. The Hall–Kier alpha value is -3.61. The number of para-hydroxylation sites is 1. The summed E-state index contributed by atoms with van der Waals surface area (Å²) in [5.74, 6) is -0.209. The highest BCUT2D eigenvalue weighted by Gasteiger charge is 2.17. The minimum absolute atomic E-state index is 0.273. The molecule has 3 aromatic rings. The number of aryl methyl sites for hydroxylation is 1. The van der Waals surface area contributed by atoms with Gasteiger partial charge < -0.3 is 19.3 Å². The lowest BCUT2D eigenvalue weighted by atomic mass is 10.1. The van der Waals surface area contributed by atoms with E-state index in [-0.39, 0.29) is 19.0 Å². The molecule has 3 rings (SSSR count). The molecule has 0 unspecified atom stereocenters. The molecule has 0 aliphatic rings. The number of oxime groups is 1. The normalized spacial score (nSPS) is 10.9. The van der Waals surface area contributed by atoms with Crippen LogP contribution in [0, 0.1) is 6.92 Å². The highest BCUT2D eigenvalue weighted by atomic mass is 16.7. The second kappa shape index (κ2) is 8.85. The summed E-state index contributed by atoms with van der Waals surface area (Å²) in [6.45, 7) is 1.08. The van der Waals surface area contributed by atoms with E-state index in [2.05, 4.69) is 10.1 Å². The quantitative estimate of drug-likeness (QED) is 0.280. The van der Waals surface area contributed by atoms with Crippen molar-refractivity contribution in [2.24, 2.45) is 5.16 Å². The summed E-state index contributed by atoms with van der Waals surface area (Å²) in [6.07, 6.45) is 1.47. The van der Waals surface area contributed by atoms with E-state index in [0.29, 0.717) is 5.56 Å². The fourth-order valence-corrected chi connectivity index (χ4v) is 2.77. The van der Waals surface area contributed by atoms with Gasteiger partial charge in [0.05, 0.1) is 13.3 Å². The van der Waals surface area contributed by atoms with E-state index in [4.69, 9.17) is 14.3 Å². The lowest BCUT2D eigenvalue weighted by Crippen LogP contribution is -2.17. The monoisotopic (exact) mass is 380 g/mol. The van der Waals surface area contributed by atoms with Crippen LogP contribution in [0.25, 0.3) is 10.9 Å². The third kappa shape index (κ3) is 4.56. The third-order valence-corrected chi connectivity index (χ3v) is 4.11. The maximum Gasteiger partial charge on any atom is 0.347 e. The standard InChI is InChI=1S/C21H20N2O5/c1-14-21(17-5-3-4-6-18(17)23-14)19(24)12-27-20(25)13-28-22-11-15-7-9-16(26-2)10-8-15/h3-11,23H,12-13H2,1-2H3/b22-11-. The Labute approximate surface area is 161 Å². The number of ether oxygens (including phenoxy) is 2. The Morgan fingerprint density at radius 3 is 2.57 bits per heavy atom. The van der Waals surface area contributed by atoms with Gasteiger partial charge in [0.15, 0.2) is 6.61 Å². The van der Waals surface area contributed by atoms with E-state index in [1.54, 1.807) is 31.4 Å². The molecule has 7 nitrogen and oxygen atoms in total. The number of esters is 1. The zero-order chi connectivity index (χ0) is 19.9. The van der Waals surface area contributed by atoms with Crippen LogP contribution in [0.2, 0.25) is 0 Å². The highest BCUT2D eigenvalue weighted by Crippen LogP contribution is 2.22. The molecule has 0 saturated heterocycles. The maximum absolute atomic E-state index is 12.4. The van der Waals surface area contributed by atoms with Crippen LogP contribution in [0.5, 0.6) is 5.75 Å². The summed E-state index contributed by atoms with van der Waals surface area (Å²) >= 11 is 0. The number of rotatable bonds is 8. The van der Waals surface area contributed by atoms with Gasteiger partial charge in [-0.15, -0.1) is 0 Å². The van der Waals surface area contributed by atoms with Crippen molar-refractivity contribution in [3.8, 4) is 5.75 Å². The average molecular weight is 380 g/mol. The van der Waals surface area contributed by atoms with Gasteiger partial charge in [-0.1, -0.05) is 23.4 Å². The predicted molar refractivity (Wildman–Crippen MR) is 105 cm³/mol. The van der Waals surface area contributed by atoms with Crippen LogP contribution >= 0.6 is 0 Å². The van der Waals surface area contributed by atoms with Crippen molar-refractivity contribution in [2.75, 3.05) is 20.3 Å². The number of benzene rings is 2. The molecule has 0 aliphatic carbocycles. The van der Waals surface area contributed by atoms with Gasteiger partial charge in [-0.2, -0.15) is 0 Å². The van der Waals surface area contributed by atoms with E-state index in [1.807, 2.05) is 31.2 Å². The van der Waals surface area contributed by atoms with Crippen LogP contribution in [0.1, 0.15) is 21.6 Å². The van der Waals surface area contributed by atoms with Gasteiger partial charge in [-0.05, 0) is 42.8 Å². The van der Waals surface area contributed by atoms with Crippen molar-refractivity contribution in [2.45, 2.75) is 6.92 Å². The molecule has 0 spiro atoms. The summed E-state index contributed by atoms with van der Waals surface area (Å²) in [7, 11) is 1.59. The molecule has 2 aromatic carbocycles. The van der Waals surface area contributed by atoms with E-state index < -0.39 is 5.97 Å². The first-order chi connectivity index (χ1) is 13.6. The molecule has 0 fully saturated rings. The number of hydrogen-bond acceptors (Lipinski definition) is 6. The maximum atomic E-state index is 12.4. The Bertz CT molecular complexity index is 1010. The van der Waals surface area contributed by atoms with Gasteiger partial charge in [0.25, 0.3) is 0 Å². The second-order valence-electron chi connectivity index (χ2n) is 6.04. The van der Waals surface area contributed by atoms with Crippen LogP contribution in [0.3, 0.4) is 0 Å². The van der Waals surface area contributed by atoms with Crippen molar-refractivity contribution in [3.05, 3.63) is 65.4 Å². The van der Waals surface area contributed by atoms with Gasteiger partial charge in [-0.3, -0.25) is 4.79 Å². The lowest BCUT2D eigenvalue weighted by Gasteiger charge is -2.04. The fourth-order valence-electron chi connectivity index (χ4n) is 2.77. The largest absolute Gasteiger partial charge is 0.497 e. The van der Waals surface area contributed by atoms with Crippen LogP contribution in [-0.2, 0) is 14.4 Å². The van der Waals surface area contributed by atoms with E-state index in [0.717, 1.165) is 27.9 Å².